The van der Waals surface area contributed by atoms with Crippen LogP contribution in [-0.2, 0) is 14.3 Å². The van der Waals surface area contributed by atoms with Crippen molar-refractivity contribution in [3.63, 3.8) is 0 Å². The Morgan fingerprint density at radius 1 is 1.59 bits per heavy atom. The summed E-state index contributed by atoms with van der Waals surface area (Å²) in [7, 11) is 0. The largest absolute Gasteiger partial charge is 0.488 e. The molecule has 17 heavy (non-hydrogen) atoms. The second-order valence-corrected chi connectivity index (χ2v) is 3.54. The van der Waals surface area contributed by atoms with Gasteiger partial charge in [0.25, 0.3) is 5.91 Å². The van der Waals surface area contributed by atoms with Gasteiger partial charge in [-0.1, -0.05) is 0 Å². The second kappa shape index (κ2) is 4.84. The minimum atomic E-state index is -1.42. The lowest BCUT2D eigenvalue weighted by molar-refractivity contribution is -0.130. The molecule has 1 rings (SSSR count). The summed E-state index contributed by atoms with van der Waals surface area (Å²) < 4.78 is 5.09. The van der Waals surface area contributed by atoms with E-state index in [1.165, 1.54) is 6.92 Å². The fourth-order valence-electron chi connectivity index (χ4n) is 1.74. The Labute approximate surface area is 98.2 Å². The van der Waals surface area contributed by atoms with Crippen LogP contribution < -0.4 is 0 Å². The Bertz CT molecular complexity index is 445. The van der Waals surface area contributed by atoms with Gasteiger partial charge >= 0.3 is 6.09 Å². The number of imide groups is 1. The second-order valence-electron chi connectivity index (χ2n) is 3.54. The molecule has 0 aliphatic carbocycles. The number of ether oxygens (including phenoxy) is 1. The first-order valence-electron chi connectivity index (χ1n) is 5.11. The highest BCUT2D eigenvalue weighted by molar-refractivity contribution is 6.04. The van der Waals surface area contributed by atoms with E-state index in [9.17, 15) is 14.4 Å². The molecule has 0 spiro atoms. The van der Waals surface area contributed by atoms with Crippen LogP contribution in [0.2, 0.25) is 0 Å². The zero-order chi connectivity index (χ0) is 13.2. The number of carboxylic acid groups (broad SMARTS) is 1. The molecule has 0 aromatic carbocycles. The van der Waals surface area contributed by atoms with Crippen LogP contribution in [0, 0.1) is 0 Å². The highest BCUT2D eigenvalue weighted by atomic mass is 16.5. The van der Waals surface area contributed by atoms with Crippen LogP contribution in [0.25, 0.3) is 0 Å². The number of rotatable bonds is 2. The van der Waals surface area contributed by atoms with Gasteiger partial charge in [-0.2, -0.15) is 0 Å². The SMILES string of the molecule is CCOC1=C(C)C(=C=O)C(C)N(C(=O)O)C1=O. The van der Waals surface area contributed by atoms with Crippen molar-refractivity contribution in [2.75, 3.05) is 6.61 Å². The fourth-order valence-corrected chi connectivity index (χ4v) is 1.74. The molecule has 0 radical (unpaired) electrons. The molecule has 0 fully saturated rings. The lowest BCUT2D eigenvalue weighted by Gasteiger charge is -2.31. The number of amides is 2. The van der Waals surface area contributed by atoms with Crippen molar-refractivity contribution in [1.29, 1.82) is 0 Å². The van der Waals surface area contributed by atoms with Gasteiger partial charge in [-0.15, -0.1) is 0 Å². The first-order chi connectivity index (χ1) is 7.95. The third kappa shape index (κ3) is 2.07. The van der Waals surface area contributed by atoms with Crippen LogP contribution in [-0.4, -0.2) is 40.6 Å². The lowest BCUT2D eigenvalue weighted by Crippen LogP contribution is -2.48. The summed E-state index contributed by atoms with van der Waals surface area (Å²) in [6, 6.07) is -0.846. The summed E-state index contributed by atoms with van der Waals surface area (Å²) in [5.74, 6) is 0.817. The maximum absolute atomic E-state index is 11.9. The average Bonchev–Trinajstić information content (AvgIpc) is 2.24. The Kier molecular flexibility index (Phi) is 3.70. The van der Waals surface area contributed by atoms with Crippen LogP contribution in [0.15, 0.2) is 16.9 Å². The highest BCUT2D eigenvalue weighted by Gasteiger charge is 2.39. The van der Waals surface area contributed by atoms with Gasteiger partial charge in [0, 0.05) is 5.57 Å². The summed E-state index contributed by atoms with van der Waals surface area (Å²) in [6.45, 7) is 4.88. The number of carbonyl (C=O) groups is 2. The van der Waals surface area contributed by atoms with Crippen LogP contribution >= 0.6 is 0 Å². The van der Waals surface area contributed by atoms with Gasteiger partial charge in [0.15, 0.2) is 5.76 Å². The molecule has 1 N–H and O–H groups in total. The standard InChI is InChI=1S/C11H13NO5/c1-4-17-9-6(2)8(5-13)7(3)12(10(9)14)11(15)16/h7H,4H2,1-3H3,(H,15,16). The van der Waals surface area contributed by atoms with Gasteiger partial charge in [-0.25, -0.2) is 14.5 Å². The van der Waals surface area contributed by atoms with E-state index in [4.69, 9.17) is 9.84 Å². The van der Waals surface area contributed by atoms with Gasteiger partial charge in [0.05, 0.1) is 18.2 Å². The predicted molar refractivity (Wildman–Crippen MR) is 57.9 cm³/mol. The van der Waals surface area contributed by atoms with Crippen LogP contribution in [0.4, 0.5) is 4.79 Å². The molecular weight excluding hydrogens is 226 g/mol. The normalized spacial score (nSPS) is 20.4. The van der Waals surface area contributed by atoms with Gasteiger partial charge in [0.2, 0.25) is 0 Å². The first kappa shape index (κ1) is 13.0. The molecule has 1 heterocycles. The van der Waals surface area contributed by atoms with Crippen molar-refractivity contribution in [1.82, 2.24) is 4.90 Å². The summed E-state index contributed by atoms with van der Waals surface area (Å²) in [4.78, 5) is 34.2. The van der Waals surface area contributed by atoms with Gasteiger partial charge in [0.1, 0.15) is 5.94 Å². The topological polar surface area (TPSA) is 83.9 Å². The third-order valence-corrected chi connectivity index (χ3v) is 2.57. The van der Waals surface area contributed by atoms with E-state index in [1.807, 2.05) is 0 Å². The molecule has 0 saturated carbocycles. The average molecular weight is 239 g/mol. The smallest absolute Gasteiger partial charge is 0.415 e. The molecule has 0 aromatic rings. The summed E-state index contributed by atoms with van der Waals surface area (Å²) in [6.07, 6.45) is -1.42. The Hall–Kier alpha value is -2.07. The first-order valence-corrected chi connectivity index (χ1v) is 5.11. The van der Waals surface area contributed by atoms with Crippen molar-refractivity contribution in [3.8, 4) is 0 Å². The van der Waals surface area contributed by atoms with E-state index in [2.05, 4.69) is 0 Å². The van der Waals surface area contributed by atoms with Crippen molar-refractivity contribution in [3.05, 3.63) is 16.9 Å². The Balaban J connectivity index is 3.37. The molecule has 2 amide bonds. The van der Waals surface area contributed by atoms with Crippen molar-refractivity contribution in [2.45, 2.75) is 26.8 Å². The molecule has 0 aromatic heterocycles. The molecule has 6 heteroatoms. The van der Waals surface area contributed by atoms with Crippen LogP contribution in [0.5, 0.6) is 0 Å². The van der Waals surface area contributed by atoms with E-state index in [-0.39, 0.29) is 17.9 Å². The molecule has 0 bridgehead atoms. The molecule has 0 saturated heterocycles. The summed E-state index contributed by atoms with van der Waals surface area (Å²) >= 11 is 0. The fraction of sp³-hybridized carbons (Fsp3) is 0.455. The van der Waals surface area contributed by atoms with E-state index in [0.717, 1.165) is 0 Å². The minimum Gasteiger partial charge on any atom is -0.488 e. The molecule has 1 atom stereocenters. The molecule has 6 nitrogen and oxygen atoms in total. The van der Waals surface area contributed by atoms with E-state index in [1.54, 1.807) is 19.8 Å². The number of hydrogen-bond donors (Lipinski definition) is 1. The van der Waals surface area contributed by atoms with Crippen LogP contribution in [0.3, 0.4) is 0 Å². The molecule has 1 aliphatic heterocycles. The highest BCUT2D eigenvalue weighted by Crippen LogP contribution is 2.28. The van der Waals surface area contributed by atoms with Gasteiger partial charge < -0.3 is 9.84 Å². The molecule has 92 valence electrons. The summed E-state index contributed by atoms with van der Waals surface area (Å²) in [5, 5.41) is 8.95. The predicted octanol–water partition coefficient (Wildman–Crippen LogP) is 0.964. The Morgan fingerprint density at radius 2 is 2.18 bits per heavy atom. The maximum Gasteiger partial charge on any atom is 0.415 e. The maximum atomic E-state index is 11.9. The Morgan fingerprint density at radius 3 is 2.59 bits per heavy atom. The monoisotopic (exact) mass is 239 g/mol. The van der Waals surface area contributed by atoms with Gasteiger partial charge in [-0.3, -0.25) is 4.79 Å². The van der Waals surface area contributed by atoms with E-state index in [0.29, 0.717) is 10.5 Å². The number of hydrogen-bond acceptors (Lipinski definition) is 4. The quantitative estimate of drug-likeness (QED) is 0.725. The van der Waals surface area contributed by atoms with E-state index >= 15 is 0 Å². The number of carbonyl (C=O) groups excluding carboxylic acids is 2. The van der Waals surface area contributed by atoms with Gasteiger partial charge in [-0.05, 0) is 20.8 Å². The van der Waals surface area contributed by atoms with Crippen molar-refractivity contribution >= 4 is 17.9 Å². The molecule has 1 unspecified atom stereocenters. The van der Waals surface area contributed by atoms with Crippen molar-refractivity contribution < 1.29 is 24.2 Å². The van der Waals surface area contributed by atoms with E-state index < -0.39 is 18.0 Å². The third-order valence-electron chi connectivity index (χ3n) is 2.57. The zero-order valence-electron chi connectivity index (χ0n) is 9.81. The minimum absolute atomic E-state index is 0.105. The van der Waals surface area contributed by atoms with Crippen molar-refractivity contribution in [2.24, 2.45) is 0 Å². The molecule has 1 aliphatic rings. The number of nitrogens with zero attached hydrogens (tertiary/aromatic N) is 1. The molecular formula is C11H13NO5. The van der Waals surface area contributed by atoms with Crippen LogP contribution in [0.1, 0.15) is 20.8 Å². The zero-order valence-corrected chi connectivity index (χ0v) is 9.81. The lowest BCUT2D eigenvalue weighted by atomic mass is 9.95. The summed E-state index contributed by atoms with van der Waals surface area (Å²) in [5.41, 5.74) is 0.465.